The molecule has 0 saturated heterocycles. The van der Waals surface area contributed by atoms with Crippen molar-refractivity contribution in [3.63, 3.8) is 0 Å². The van der Waals surface area contributed by atoms with Crippen LogP contribution in [0.15, 0.2) is 24.3 Å². The molecule has 78 valence electrons. The average molecular weight is 232 g/mol. The van der Waals surface area contributed by atoms with Gasteiger partial charge in [-0.3, -0.25) is 8.42 Å². The minimum Gasteiger partial charge on any atom is -0.772 e. The molecule has 0 fully saturated rings. The van der Waals surface area contributed by atoms with Crippen LogP contribution < -0.4 is 0 Å². The molecule has 0 saturated carbocycles. The Bertz CT molecular complexity index is 312. The van der Waals surface area contributed by atoms with Crippen molar-refractivity contribution in [3.8, 4) is 0 Å². The second-order valence-corrected chi connectivity index (χ2v) is 4.50. The summed E-state index contributed by atoms with van der Waals surface area (Å²) in [6.45, 7) is 0. The zero-order chi connectivity index (χ0) is 10.6. The van der Waals surface area contributed by atoms with Crippen molar-refractivity contribution in [2.24, 2.45) is 0 Å². The quantitative estimate of drug-likeness (QED) is 0.706. The Kier molecular flexibility index (Phi) is 4.40. The van der Waals surface area contributed by atoms with Crippen LogP contribution in [0.4, 0.5) is 0 Å². The maximum absolute atomic E-state index is 10.3. The molecule has 1 aromatic carbocycles. The van der Waals surface area contributed by atoms with Crippen molar-refractivity contribution in [1.82, 2.24) is 0 Å². The summed E-state index contributed by atoms with van der Waals surface area (Å²) in [5.74, 6) is -0.0819. The molecule has 0 heterocycles. The van der Waals surface area contributed by atoms with Gasteiger partial charge < -0.3 is 9.11 Å². The van der Waals surface area contributed by atoms with E-state index >= 15 is 0 Å². The van der Waals surface area contributed by atoms with E-state index in [-0.39, 0.29) is 11.5 Å². The van der Waals surface area contributed by atoms with Gasteiger partial charge in [-0.25, -0.2) is 0 Å². The molecule has 1 aromatic rings. The van der Waals surface area contributed by atoms with E-state index in [9.17, 15) is 17.5 Å². The molecule has 6 heteroatoms. The molecule has 4 nitrogen and oxygen atoms in total. The molecule has 0 N–H and O–H groups in total. The van der Waals surface area contributed by atoms with Crippen molar-refractivity contribution >= 4 is 22.2 Å². The lowest BCUT2D eigenvalue weighted by Gasteiger charge is -2.07. The third-order valence-electron chi connectivity index (χ3n) is 1.59. The molecular weight excluding hydrogens is 224 g/mol. The number of benzene rings is 1. The van der Waals surface area contributed by atoms with Crippen LogP contribution in [-0.2, 0) is 33.7 Å². The first kappa shape index (κ1) is 11.5. The summed E-state index contributed by atoms with van der Waals surface area (Å²) in [7, 11) is 0. The van der Waals surface area contributed by atoms with Gasteiger partial charge in [-0.15, -0.1) is 0 Å². The van der Waals surface area contributed by atoms with Gasteiger partial charge in [0.1, 0.15) is 0 Å². The lowest BCUT2D eigenvalue weighted by atomic mass is 10.2. The molecule has 0 aliphatic carbocycles. The van der Waals surface area contributed by atoms with E-state index in [2.05, 4.69) is 0 Å². The molecule has 0 bridgehead atoms. The van der Waals surface area contributed by atoms with Crippen molar-refractivity contribution in [2.75, 3.05) is 0 Å². The lowest BCUT2D eigenvalue weighted by Crippen LogP contribution is -1.96. The highest BCUT2D eigenvalue weighted by Gasteiger charge is 1.95. The molecule has 0 aliphatic rings. The molecule has 14 heavy (non-hydrogen) atoms. The molecule has 2 unspecified atom stereocenters. The van der Waals surface area contributed by atoms with Gasteiger partial charge in [-0.1, -0.05) is 46.4 Å². The SMILES string of the molecule is O=S([O-])Cc1ccc(CS(=O)[O-])cc1. The van der Waals surface area contributed by atoms with Crippen molar-refractivity contribution < 1.29 is 17.5 Å². The van der Waals surface area contributed by atoms with Gasteiger partial charge in [0.25, 0.3) is 0 Å². The van der Waals surface area contributed by atoms with E-state index in [1.165, 1.54) is 0 Å². The number of hydrogen-bond donors (Lipinski definition) is 0. The zero-order valence-corrected chi connectivity index (χ0v) is 8.81. The Morgan fingerprint density at radius 2 is 1.14 bits per heavy atom. The van der Waals surface area contributed by atoms with Crippen LogP contribution in [0.1, 0.15) is 11.1 Å². The van der Waals surface area contributed by atoms with Gasteiger partial charge in [0.2, 0.25) is 0 Å². The number of rotatable bonds is 4. The van der Waals surface area contributed by atoms with Crippen molar-refractivity contribution in [3.05, 3.63) is 35.4 Å². The Morgan fingerprint density at radius 3 is 1.36 bits per heavy atom. The van der Waals surface area contributed by atoms with Crippen molar-refractivity contribution in [2.45, 2.75) is 11.5 Å². The zero-order valence-electron chi connectivity index (χ0n) is 7.17. The third kappa shape index (κ3) is 4.10. The first-order valence-corrected chi connectivity index (χ1v) is 6.26. The van der Waals surface area contributed by atoms with Gasteiger partial charge >= 0.3 is 0 Å². The molecule has 0 amide bonds. The smallest absolute Gasteiger partial charge is 0.0353 e. The van der Waals surface area contributed by atoms with Crippen LogP contribution in [0.25, 0.3) is 0 Å². The van der Waals surface area contributed by atoms with Crippen LogP contribution in [-0.4, -0.2) is 17.5 Å². The standard InChI is InChI=1S/C8H10O4S2/c9-13(10)5-7-1-2-8(4-3-7)6-14(11)12/h1-4H,5-6H2,(H,9,10)(H,11,12)/p-2. The van der Waals surface area contributed by atoms with Crippen LogP contribution in [0.3, 0.4) is 0 Å². The molecule has 0 aliphatic heterocycles. The van der Waals surface area contributed by atoms with Gasteiger partial charge in [0.15, 0.2) is 0 Å². The largest absolute Gasteiger partial charge is 0.772 e. The monoisotopic (exact) mass is 232 g/mol. The summed E-state index contributed by atoms with van der Waals surface area (Å²) in [6.07, 6.45) is 0. The predicted octanol–water partition coefficient (Wildman–Crippen LogP) is 0.445. The van der Waals surface area contributed by atoms with Crippen LogP contribution >= 0.6 is 0 Å². The van der Waals surface area contributed by atoms with Crippen LogP contribution in [0.2, 0.25) is 0 Å². The fourth-order valence-corrected chi connectivity index (χ4v) is 1.93. The minimum absolute atomic E-state index is 0.0409. The second-order valence-electron chi connectivity index (χ2n) is 2.71. The maximum atomic E-state index is 10.3. The predicted molar refractivity (Wildman–Crippen MR) is 51.7 cm³/mol. The summed E-state index contributed by atoms with van der Waals surface area (Å²) in [4.78, 5) is 0. The Labute approximate surface area is 86.9 Å². The summed E-state index contributed by atoms with van der Waals surface area (Å²) < 4.78 is 41.3. The minimum atomic E-state index is -2.11. The molecular formula is C8H8O4S2-2. The number of hydrogen-bond acceptors (Lipinski definition) is 4. The Morgan fingerprint density at radius 1 is 0.857 bits per heavy atom. The first-order chi connectivity index (χ1) is 6.58. The third-order valence-corrected chi connectivity index (χ3v) is 2.73. The fourth-order valence-electron chi connectivity index (χ4n) is 1.00. The highest BCUT2D eigenvalue weighted by atomic mass is 32.2. The summed E-state index contributed by atoms with van der Waals surface area (Å²) in [6, 6.07) is 6.44. The Hall–Kier alpha value is -0.560. The van der Waals surface area contributed by atoms with E-state index in [1.54, 1.807) is 24.3 Å². The van der Waals surface area contributed by atoms with Gasteiger partial charge in [0.05, 0.1) is 0 Å². The molecule has 0 spiro atoms. The van der Waals surface area contributed by atoms with E-state index in [1.807, 2.05) is 0 Å². The van der Waals surface area contributed by atoms with E-state index in [0.717, 1.165) is 0 Å². The average Bonchev–Trinajstić information content (AvgIpc) is 2.06. The van der Waals surface area contributed by atoms with Crippen molar-refractivity contribution in [1.29, 1.82) is 0 Å². The van der Waals surface area contributed by atoms with Gasteiger partial charge in [-0.2, -0.15) is 0 Å². The lowest BCUT2D eigenvalue weighted by molar-refractivity contribution is 0.534. The molecule has 2 atom stereocenters. The van der Waals surface area contributed by atoms with E-state index < -0.39 is 22.2 Å². The second kappa shape index (κ2) is 5.35. The summed E-state index contributed by atoms with van der Waals surface area (Å²) in [5.41, 5.74) is 1.30. The van der Waals surface area contributed by atoms with Gasteiger partial charge in [-0.05, 0) is 11.1 Å². The van der Waals surface area contributed by atoms with E-state index in [0.29, 0.717) is 11.1 Å². The summed E-state index contributed by atoms with van der Waals surface area (Å²) >= 11 is -4.21. The molecule has 1 rings (SSSR count). The van der Waals surface area contributed by atoms with E-state index in [4.69, 9.17) is 0 Å². The first-order valence-electron chi connectivity index (χ1n) is 3.77. The van der Waals surface area contributed by atoms with Gasteiger partial charge in [0, 0.05) is 11.5 Å². The Balaban J connectivity index is 2.68. The van der Waals surface area contributed by atoms with Crippen LogP contribution in [0.5, 0.6) is 0 Å². The maximum Gasteiger partial charge on any atom is 0.0353 e. The highest BCUT2D eigenvalue weighted by Crippen LogP contribution is 2.07. The summed E-state index contributed by atoms with van der Waals surface area (Å²) in [5, 5.41) is 0. The molecule has 0 aromatic heterocycles. The molecule has 0 radical (unpaired) electrons. The fraction of sp³-hybridized carbons (Fsp3) is 0.250. The highest BCUT2D eigenvalue weighted by molar-refractivity contribution is 7.78. The normalized spacial score (nSPS) is 15.0. The van der Waals surface area contributed by atoms with Crippen LogP contribution in [0, 0.1) is 0 Å². The topological polar surface area (TPSA) is 80.3 Å².